The smallest absolute Gasteiger partial charge is 0.416 e. The molecule has 7 nitrogen and oxygen atoms in total. The number of carbonyl (C=O) groups excluding carboxylic acids is 1. The van der Waals surface area contributed by atoms with E-state index in [1.54, 1.807) is 54.5 Å². The van der Waals surface area contributed by atoms with Crippen molar-refractivity contribution in [3.05, 3.63) is 88.6 Å². The van der Waals surface area contributed by atoms with E-state index in [1.807, 2.05) is 24.3 Å². The van der Waals surface area contributed by atoms with Crippen LogP contribution >= 0.6 is 11.6 Å². The van der Waals surface area contributed by atoms with Gasteiger partial charge in [0.25, 0.3) is 0 Å². The van der Waals surface area contributed by atoms with Crippen LogP contribution in [0.2, 0.25) is 5.02 Å². The van der Waals surface area contributed by atoms with E-state index >= 15 is 0 Å². The molecule has 0 spiro atoms. The molecule has 0 saturated heterocycles. The lowest BCUT2D eigenvalue weighted by Gasteiger charge is -2.35. The second kappa shape index (κ2) is 8.94. The summed E-state index contributed by atoms with van der Waals surface area (Å²) < 4.78 is 35.3. The highest BCUT2D eigenvalue weighted by atomic mass is 35.5. The van der Waals surface area contributed by atoms with E-state index in [4.69, 9.17) is 21.1 Å². The summed E-state index contributed by atoms with van der Waals surface area (Å²) in [7, 11) is -1.76. The number of H-pyrrole nitrogens is 1. The zero-order valence-corrected chi connectivity index (χ0v) is 20.7. The van der Waals surface area contributed by atoms with Crippen LogP contribution in [0, 0.1) is 0 Å². The predicted octanol–water partition coefficient (Wildman–Crippen LogP) is 5.63. The molecule has 0 radical (unpaired) electrons. The minimum atomic E-state index is -3.36. The van der Waals surface area contributed by atoms with Gasteiger partial charge in [-0.1, -0.05) is 23.7 Å². The molecule has 0 bridgehead atoms. The van der Waals surface area contributed by atoms with Crippen molar-refractivity contribution in [2.45, 2.75) is 17.4 Å². The van der Waals surface area contributed by atoms with Crippen molar-refractivity contribution in [1.82, 2.24) is 9.88 Å². The molecule has 0 fully saturated rings. The molecule has 3 aromatic carbocycles. The third kappa shape index (κ3) is 4.47. The Morgan fingerprint density at radius 3 is 2.40 bits per heavy atom. The van der Waals surface area contributed by atoms with Crippen LogP contribution in [0.5, 0.6) is 11.5 Å². The number of ether oxygens (including phenoxy) is 2. The summed E-state index contributed by atoms with van der Waals surface area (Å²) in [6.07, 6.45) is 1.25. The highest BCUT2D eigenvalue weighted by molar-refractivity contribution is 7.90. The highest BCUT2D eigenvalue weighted by Gasteiger charge is 2.36. The normalized spacial score (nSPS) is 15.6. The van der Waals surface area contributed by atoms with Gasteiger partial charge in [-0.25, -0.2) is 13.2 Å². The number of aromatic amines is 1. The number of halogens is 1. The Bertz CT molecular complexity index is 1520. The van der Waals surface area contributed by atoms with Gasteiger partial charge in [-0.15, -0.1) is 0 Å². The summed E-state index contributed by atoms with van der Waals surface area (Å²) in [4.78, 5) is 18.7. The maximum atomic E-state index is 13.3. The van der Waals surface area contributed by atoms with Crippen LogP contribution in [0.15, 0.2) is 71.6 Å². The van der Waals surface area contributed by atoms with Crippen molar-refractivity contribution in [3.63, 3.8) is 0 Å². The lowest BCUT2D eigenvalue weighted by Crippen LogP contribution is -2.42. The number of aromatic nitrogens is 1. The molecule has 1 aliphatic rings. The van der Waals surface area contributed by atoms with Crippen LogP contribution in [0.4, 0.5) is 4.79 Å². The number of methoxy groups -OCH3 is 1. The van der Waals surface area contributed by atoms with E-state index in [0.717, 1.165) is 27.7 Å². The fourth-order valence-corrected chi connectivity index (χ4v) is 5.26. The number of sulfone groups is 1. The van der Waals surface area contributed by atoms with Gasteiger partial charge in [0.05, 0.1) is 12.0 Å². The van der Waals surface area contributed by atoms with Gasteiger partial charge >= 0.3 is 6.09 Å². The van der Waals surface area contributed by atoms with Crippen LogP contribution in [-0.2, 0) is 16.3 Å². The first-order valence-corrected chi connectivity index (χ1v) is 13.2. The molecule has 1 atom stereocenters. The Morgan fingerprint density at radius 1 is 1.06 bits per heavy atom. The number of carbonyl (C=O) groups is 1. The Balaban J connectivity index is 0.00000304. The lowest BCUT2D eigenvalue weighted by atomic mass is 9.92. The molecule has 0 saturated carbocycles. The molecule has 0 aliphatic carbocycles. The molecule has 1 unspecified atom stereocenters. The van der Waals surface area contributed by atoms with Gasteiger partial charge in [0.15, 0.2) is 9.84 Å². The molecule has 4 aromatic rings. The third-order valence-corrected chi connectivity index (χ3v) is 7.57. The molecule has 1 N–H and O–H groups in total. The van der Waals surface area contributed by atoms with Crippen molar-refractivity contribution in [1.29, 1.82) is 0 Å². The number of rotatable bonds is 4. The standard InChI is InChI=1S/C26H23ClN2O5S.H2/c1-33-18-7-3-16(4-8-18)25-24-21(22-15-20(35(2,31)32)11-12-23(22)28-24)13-14-29(25)26(30)34-19-9-5-17(27)6-10-19;/h3-12,15,25,28H,13-14H2,1-2H3;1H. The SMILES string of the molecule is COc1ccc(C2c3[nH]c4ccc(S(C)(=O)=O)cc4c3CCN2C(=O)Oc2ccc(Cl)cc2)cc1.[HH]. The summed E-state index contributed by atoms with van der Waals surface area (Å²) in [6.45, 7) is 0.395. The maximum absolute atomic E-state index is 13.3. The first kappa shape index (κ1) is 23.3. The lowest BCUT2D eigenvalue weighted by molar-refractivity contribution is 0.135. The molecule has 182 valence electrons. The van der Waals surface area contributed by atoms with Crippen LogP contribution in [0.25, 0.3) is 10.9 Å². The van der Waals surface area contributed by atoms with E-state index in [9.17, 15) is 13.2 Å². The topological polar surface area (TPSA) is 88.7 Å². The van der Waals surface area contributed by atoms with Crippen molar-refractivity contribution in [2.75, 3.05) is 19.9 Å². The molecule has 9 heteroatoms. The number of hydrogen-bond donors (Lipinski definition) is 1. The van der Waals surface area contributed by atoms with Gasteiger partial charge < -0.3 is 14.5 Å². The predicted molar refractivity (Wildman–Crippen MR) is 136 cm³/mol. The second-order valence-corrected chi connectivity index (χ2v) is 10.9. The fraction of sp³-hybridized carbons (Fsp3) is 0.192. The number of amides is 1. The Morgan fingerprint density at radius 2 is 1.74 bits per heavy atom. The van der Waals surface area contributed by atoms with Gasteiger partial charge in [-0.2, -0.15) is 0 Å². The number of nitrogens with one attached hydrogen (secondary N) is 1. The van der Waals surface area contributed by atoms with Gasteiger partial charge in [-0.05, 0) is 72.1 Å². The van der Waals surface area contributed by atoms with E-state index in [1.165, 1.54) is 6.26 Å². The van der Waals surface area contributed by atoms with Crippen LogP contribution < -0.4 is 9.47 Å². The van der Waals surface area contributed by atoms with Gasteiger partial charge in [-0.3, -0.25) is 4.90 Å². The van der Waals surface area contributed by atoms with Crippen LogP contribution in [0.1, 0.15) is 24.3 Å². The Labute approximate surface area is 209 Å². The Kier molecular flexibility index (Phi) is 5.94. The third-order valence-electron chi connectivity index (χ3n) is 6.21. The van der Waals surface area contributed by atoms with Crippen molar-refractivity contribution in [3.8, 4) is 11.5 Å². The quantitative estimate of drug-likeness (QED) is 0.383. The number of hydrogen-bond acceptors (Lipinski definition) is 5. The minimum Gasteiger partial charge on any atom is -0.497 e. The molecule has 5 rings (SSSR count). The summed E-state index contributed by atoms with van der Waals surface area (Å²) in [5, 5.41) is 1.39. The molecular weight excluding hydrogens is 488 g/mol. The molecule has 1 aromatic heterocycles. The fourth-order valence-electron chi connectivity index (χ4n) is 4.49. The van der Waals surface area contributed by atoms with E-state index in [0.29, 0.717) is 29.5 Å². The minimum absolute atomic E-state index is 0. The first-order chi connectivity index (χ1) is 16.7. The summed E-state index contributed by atoms with van der Waals surface area (Å²) >= 11 is 5.96. The molecular formula is C26H25ClN2O5S. The van der Waals surface area contributed by atoms with Gasteiger partial charge in [0.2, 0.25) is 0 Å². The summed E-state index contributed by atoms with van der Waals surface area (Å²) in [5.74, 6) is 1.10. The highest BCUT2D eigenvalue weighted by Crippen LogP contribution is 2.40. The average Bonchev–Trinajstić information content (AvgIpc) is 3.22. The van der Waals surface area contributed by atoms with Gasteiger partial charge in [0, 0.05) is 35.8 Å². The molecule has 1 amide bonds. The molecule has 1 aliphatic heterocycles. The van der Waals surface area contributed by atoms with E-state index < -0.39 is 22.0 Å². The number of fused-ring (bicyclic) bond motifs is 3. The van der Waals surface area contributed by atoms with Crippen molar-refractivity contribution in [2.24, 2.45) is 0 Å². The van der Waals surface area contributed by atoms with Crippen molar-refractivity contribution < 1.29 is 24.1 Å². The zero-order chi connectivity index (χ0) is 24.7. The van der Waals surface area contributed by atoms with Crippen LogP contribution in [-0.4, -0.2) is 44.3 Å². The largest absolute Gasteiger partial charge is 0.497 e. The van der Waals surface area contributed by atoms with Crippen LogP contribution in [0.3, 0.4) is 0 Å². The van der Waals surface area contributed by atoms with Crippen molar-refractivity contribution >= 4 is 38.4 Å². The second-order valence-electron chi connectivity index (χ2n) is 8.44. The molecule has 2 heterocycles. The Hall–Kier alpha value is -3.49. The number of nitrogens with zero attached hydrogens (tertiary/aromatic N) is 1. The maximum Gasteiger partial charge on any atom is 0.416 e. The van der Waals surface area contributed by atoms with Gasteiger partial charge in [0.1, 0.15) is 17.5 Å². The summed E-state index contributed by atoms with van der Waals surface area (Å²) in [6, 6.07) is 18.7. The van der Waals surface area contributed by atoms with E-state index in [2.05, 4.69) is 4.98 Å². The monoisotopic (exact) mass is 512 g/mol. The number of benzene rings is 3. The first-order valence-electron chi connectivity index (χ1n) is 11.0. The zero-order valence-electron chi connectivity index (χ0n) is 19.1. The molecule has 35 heavy (non-hydrogen) atoms. The summed E-state index contributed by atoms with van der Waals surface area (Å²) in [5.41, 5.74) is 3.50. The average molecular weight is 513 g/mol. The van der Waals surface area contributed by atoms with E-state index in [-0.39, 0.29) is 6.32 Å².